The van der Waals surface area contributed by atoms with Gasteiger partial charge in [-0.3, -0.25) is 4.79 Å². The van der Waals surface area contributed by atoms with Crippen molar-refractivity contribution in [1.29, 1.82) is 0 Å². The average Bonchev–Trinajstić information content (AvgIpc) is 2.66. The minimum absolute atomic E-state index is 0.0255. The molecule has 2 aromatic carbocycles. The Labute approximate surface area is 170 Å². The van der Waals surface area contributed by atoms with Crippen LogP contribution in [0, 0.1) is 6.92 Å². The van der Waals surface area contributed by atoms with E-state index in [-0.39, 0.29) is 24.0 Å². The molecule has 0 saturated carbocycles. The lowest BCUT2D eigenvalue weighted by Crippen LogP contribution is -2.30. The summed E-state index contributed by atoms with van der Waals surface area (Å²) in [6.45, 7) is 3.67. The van der Waals surface area contributed by atoms with Crippen LogP contribution in [-0.2, 0) is 11.2 Å². The number of carbonyl (C=O) groups excluding carboxylic acids is 1. The molecule has 0 bridgehead atoms. The molecule has 2 rings (SSSR count). The predicted octanol–water partition coefficient (Wildman–Crippen LogP) is 4.47. The molecule has 1 amide bonds. The van der Waals surface area contributed by atoms with E-state index in [2.05, 4.69) is 23.9 Å². The van der Waals surface area contributed by atoms with Gasteiger partial charge in [0.05, 0.1) is 7.11 Å². The van der Waals surface area contributed by atoms with Crippen molar-refractivity contribution in [2.75, 3.05) is 20.3 Å². The molecule has 0 aromatic heterocycles. The Bertz CT molecular complexity index is 824. The van der Waals surface area contributed by atoms with Crippen LogP contribution < -0.4 is 19.5 Å². The van der Waals surface area contributed by atoms with Gasteiger partial charge in [0, 0.05) is 6.54 Å². The van der Waals surface area contributed by atoms with E-state index in [0.29, 0.717) is 24.6 Å². The normalized spacial score (nSPS) is 10.9. The molecule has 0 heterocycles. The number of alkyl halides is 2. The van der Waals surface area contributed by atoms with Crippen molar-refractivity contribution >= 4 is 5.91 Å². The summed E-state index contributed by atoms with van der Waals surface area (Å²) in [5, 5.41) is 2.77. The Morgan fingerprint density at radius 2 is 1.86 bits per heavy atom. The summed E-state index contributed by atoms with van der Waals surface area (Å²) in [6, 6.07) is 10.5. The van der Waals surface area contributed by atoms with Gasteiger partial charge in [0.15, 0.2) is 18.1 Å². The first-order valence-corrected chi connectivity index (χ1v) is 9.42. The van der Waals surface area contributed by atoms with Crippen LogP contribution >= 0.6 is 0 Å². The van der Waals surface area contributed by atoms with Crippen LogP contribution in [0.25, 0.3) is 0 Å². The van der Waals surface area contributed by atoms with Gasteiger partial charge in [-0.1, -0.05) is 26.0 Å². The molecule has 2 aromatic rings. The van der Waals surface area contributed by atoms with E-state index in [1.54, 1.807) is 12.1 Å². The minimum atomic E-state index is -2.92. The maximum absolute atomic E-state index is 12.4. The van der Waals surface area contributed by atoms with E-state index in [9.17, 15) is 13.6 Å². The van der Waals surface area contributed by atoms with Gasteiger partial charge in [-0.2, -0.15) is 8.78 Å². The zero-order valence-corrected chi connectivity index (χ0v) is 17.1. The van der Waals surface area contributed by atoms with Crippen LogP contribution in [0.5, 0.6) is 17.2 Å². The molecule has 0 fully saturated rings. The van der Waals surface area contributed by atoms with Crippen LogP contribution in [0.3, 0.4) is 0 Å². The molecular formula is C22H27F2NO4. The highest BCUT2D eigenvalue weighted by atomic mass is 19.3. The van der Waals surface area contributed by atoms with E-state index in [4.69, 9.17) is 9.47 Å². The Morgan fingerprint density at radius 3 is 2.48 bits per heavy atom. The molecule has 158 valence electrons. The fraction of sp³-hybridized carbons (Fsp3) is 0.409. The molecule has 0 aliphatic carbocycles. The van der Waals surface area contributed by atoms with Gasteiger partial charge in [-0.25, -0.2) is 0 Å². The van der Waals surface area contributed by atoms with Crippen LogP contribution in [-0.4, -0.2) is 32.8 Å². The SMILES string of the molecule is COc1cc(CCNC(=O)COc2ccc(C(C)C)c(C)c2)ccc1OC(F)F. The Hall–Kier alpha value is -2.83. The lowest BCUT2D eigenvalue weighted by Gasteiger charge is -2.13. The fourth-order valence-corrected chi connectivity index (χ4v) is 2.99. The first-order chi connectivity index (χ1) is 13.8. The average molecular weight is 407 g/mol. The molecule has 0 radical (unpaired) electrons. The van der Waals surface area contributed by atoms with Crippen LogP contribution in [0.4, 0.5) is 8.78 Å². The molecule has 0 saturated heterocycles. The number of aryl methyl sites for hydroxylation is 1. The second kappa shape index (κ2) is 10.6. The van der Waals surface area contributed by atoms with Crippen molar-refractivity contribution < 1.29 is 27.8 Å². The molecule has 1 N–H and O–H groups in total. The van der Waals surface area contributed by atoms with E-state index in [1.165, 1.54) is 18.7 Å². The topological polar surface area (TPSA) is 56.8 Å². The molecule has 0 atom stereocenters. The Kier molecular flexibility index (Phi) is 8.24. The van der Waals surface area contributed by atoms with Crippen molar-refractivity contribution in [2.24, 2.45) is 0 Å². The van der Waals surface area contributed by atoms with Crippen LogP contribution in [0.15, 0.2) is 36.4 Å². The largest absolute Gasteiger partial charge is 0.493 e. The Morgan fingerprint density at radius 1 is 1.10 bits per heavy atom. The first-order valence-electron chi connectivity index (χ1n) is 9.42. The van der Waals surface area contributed by atoms with Gasteiger partial charge < -0.3 is 19.5 Å². The van der Waals surface area contributed by atoms with Gasteiger partial charge in [-0.15, -0.1) is 0 Å². The number of hydrogen-bond acceptors (Lipinski definition) is 4. The summed E-state index contributed by atoms with van der Waals surface area (Å²) in [6.07, 6.45) is 0.513. The number of nitrogens with one attached hydrogen (secondary N) is 1. The number of amides is 1. The zero-order chi connectivity index (χ0) is 21.4. The summed E-state index contributed by atoms with van der Waals surface area (Å²) in [5.74, 6) is 1.05. The first kappa shape index (κ1) is 22.5. The maximum Gasteiger partial charge on any atom is 0.387 e. The van der Waals surface area contributed by atoms with Crippen molar-refractivity contribution in [2.45, 2.75) is 39.7 Å². The van der Waals surface area contributed by atoms with Crippen molar-refractivity contribution in [3.63, 3.8) is 0 Å². The number of methoxy groups -OCH3 is 1. The lowest BCUT2D eigenvalue weighted by molar-refractivity contribution is -0.123. The van der Waals surface area contributed by atoms with Gasteiger partial charge >= 0.3 is 6.61 Å². The molecule has 0 unspecified atom stereocenters. The van der Waals surface area contributed by atoms with Gasteiger partial charge in [0.25, 0.3) is 5.91 Å². The zero-order valence-electron chi connectivity index (χ0n) is 17.1. The summed E-state index contributed by atoms with van der Waals surface area (Å²) in [4.78, 5) is 12.0. The van der Waals surface area contributed by atoms with Crippen molar-refractivity contribution in [3.05, 3.63) is 53.1 Å². The molecule has 0 spiro atoms. The molecule has 7 heteroatoms. The van der Waals surface area contributed by atoms with Gasteiger partial charge in [-0.05, 0) is 60.2 Å². The monoisotopic (exact) mass is 407 g/mol. The lowest BCUT2D eigenvalue weighted by atomic mass is 9.98. The summed E-state index contributed by atoms with van der Waals surface area (Å²) < 4.78 is 39.7. The highest BCUT2D eigenvalue weighted by Gasteiger charge is 2.11. The predicted molar refractivity (Wildman–Crippen MR) is 107 cm³/mol. The summed E-state index contributed by atoms with van der Waals surface area (Å²) >= 11 is 0. The van der Waals surface area contributed by atoms with E-state index < -0.39 is 6.61 Å². The molecule has 29 heavy (non-hydrogen) atoms. The molecular weight excluding hydrogens is 380 g/mol. The summed E-state index contributed by atoms with van der Waals surface area (Å²) in [5.41, 5.74) is 3.21. The summed E-state index contributed by atoms with van der Waals surface area (Å²) in [7, 11) is 1.38. The molecule has 0 aliphatic heterocycles. The number of hydrogen-bond donors (Lipinski definition) is 1. The highest BCUT2D eigenvalue weighted by Crippen LogP contribution is 2.29. The standard InChI is InChI=1S/C22H27F2NO4/c1-14(2)18-7-6-17(11-15(18)3)28-13-21(26)25-10-9-16-5-8-19(29-22(23)24)20(12-16)27-4/h5-8,11-12,14,22H,9-10,13H2,1-4H3,(H,25,26). The van der Waals surface area contributed by atoms with Crippen molar-refractivity contribution in [3.8, 4) is 17.2 Å². The van der Waals surface area contributed by atoms with Crippen LogP contribution in [0.1, 0.15) is 36.5 Å². The van der Waals surface area contributed by atoms with E-state index >= 15 is 0 Å². The van der Waals surface area contributed by atoms with E-state index in [1.807, 2.05) is 25.1 Å². The second-order valence-electron chi connectivity index (χ2n) is 6.93. The number of rotatable bonds is 10. The maximum atomic E-state index is 12.4. The smallest absolute Gasteiger partial charge is 0.387 e. The third-order valence-corrected chi connectivity index (χ3v) is 4.41. The molecule has 0 aliphatic rings. The third kappa shape index (κ3) is 6.93. The van der Waals surface area contributed by atoms with E-state index in [0.717, 1.165) is 11.1 Å². The number of ether oxygens (including phenoxy) is 3. The quantitative estimate of drug-likeness (QED) is 0.632. The Balaban J connectivity index is 1.80. The molecule has 5 nitrogen and oxygen atoms in total. The number of halogens is 2. The van der Waals surface area contributed by atoms with Gasteiger partial charge in [0.2, 0.25) is 0 Å². The van der Waals surface area contributed by atoms with Gasteiger partial charge in [0.1, 0.15) is 5.75 Å². The fourth-order valence-electron chi connectivity index (χ4n) is 2.99. The number of benzene rings is 2. The third-order valence-electron chi connectivity index (χ3n) is 4.41. The second-order valence-corrected chi connectivity index (χ2v) is 6.93. The highest BCUT2D eigenvalue weighted by molar-refractivity contribution is 5.77. The van der Waals surface area contributed by atoms with Crippen molar-refractivity contribution in [1.82, 2.24) is 5.32 Å². The number of carbonyl (C=O) groups is 1. The minimum Gasteiger partial charge on any atom is -0.493 e. The van der Waals surface area contributed by atoms with Crippen LogP contribution in [0.2, 0.25) is 0 Å².